The Hall–Kier alpha value is -2.43. The first-order valence-corrected chi connectivity index (χ1v) is 16.3. The van der Waals surface area contributed by atoms with Crippen LogP contribution in [0.4, 0.5) is 11.4 Å². The SMILES string of the molecule is C[P+](C)=O.Cc1c(C2CC2)ccc([N+](=O)[O-])c1C.Cc1c(C2CC2)ccc([N+](=O)[O-])c1P(C)(C)=O. The maximum absolute atomic E-state index is 12.3. The molecule has 2 aromatic rings. The van der Waals surface area contributed by atoms with E-state index in [9.17, 15) is 29.4 Å². The summed E-state index contributed by atoms with van der Waals surface area (Å²) in [6.45, 7) is 12.2. The molecule has 2 fully saturated rings. The van der Waals surface area contributed by atoms with Gasteiger partial charge in [0.15, 0.2) is 0 Å². The molecule has 0 spiro atoms. The lowest BCUT2D eigenvalue weighted by molar-refractivity contribution is -0.385. The molecule has 2 aromatic carbocycles. The van der Waals surface area contributed by atoms with Crippen LogP contribution >= 0.6 is 14.9 Å². The Morgan fingerprint density at radius 2 is 1.14 bits per heavy atom. The van der Waals surface area contributed by atoms with Crippen LogP contribution in [0.25, 0.3) is 0 Å². The van der Waals surface area contributed by atoms with E-state index in [-0.39, 0.29) is 16.3 Å². The molecule has 4 rings (SSSR count). The Morgan fingerprint density at radius 1 is 0.771 bits per heavy atom. The van der Waals surface area contributed by atoms with Gasteiger partial charge in [0.1, 0.15) is 20.5 Å². The standard InChI is InChI=1S/C12H16NO3P.C11H13NO2.C2H6OP/c1-8-10(9-4-5-9)6-7-11(13(14)15)12(8)17(2,3)16;1-7-8(2)11(12(13)14)6-5-10(7)9-3-4-9;1-4(2)3/h6-7,9H,4-5H2,1-3H3;5-6,9H,3-4H2,1-2H3;1-2H3/q;;+1. The molecule has 2 aliphatic rings. The van der Waals surface area contributed by atoms with Crippen LogP contribution < -0.4 is 5.30 Å². The van der Waals surface area contributed by atoms with Gasteiger partial charge in [-0.25, -0.2) is 0 Å². The summed E-state index contributed by atoms with van der Waals surface area (Å²) in [5.74, 6) is 1.18. The maximum Gasteiger partial charge on any atom is 0.332 e. The molecule has 0 aliphatic heterocycles. The summed E-state index contributed by atoms with van der Waals surface area (Å²) in [7, 11) is -3.50. The number of hydrogen-bond acceptors (Lipinski definition) is 6. The maximum atomic E-state index is 12.3. The number of nitro benzene ring substituents is 2. The molecular weight excluding hydrogens is 486 g/mol. The fraction of sp³-hybridized carbons (Fsp3) is 0.520. The Balaban J connectivity index is 0.000000217. The predicted molar refractivity (Wildman–Crippen MR) is 143 cm³/mol. The lowest BCUT2D eigenvalue weighted by atomic mass is 9.98. The summed E-state index contributed by atoms with van der Waals surface area (Å²) < 4.78 is 21.8. The van der Waals surface area contributed by atoms with Crippen molar-refractivity contribution in [1.82, 2.24) is 0 Å². The zero-order chi connectivity index (χ0) is 26.7. The van der Waals surface area contributed by atoms with Gasteiger partial charge in [0.2, 0.25) is 0 Å². The second-order valence-corrected chi connectivity index (χ2v) is 14.6. The Kier molecular flexibility index (Phi) is 9.49. The van der Waals surface area contributed by atoms with E-state index in [4.69, 9.17) is 0 Å². The minimum absolute atomic E-state index is 0.000216. The van der Waals surface area contributed by atoms with E-state index in [1.807, 2.05) is 32.9 Å². The van der Waals surface area contributed by atoms with Crippen LogP contribution in [0.1, 0.15) is 65.3 Å². The second kappa shape index (κ2) is 11.5. The molecule has 0 bridgehead atoms. The van der Waals surface area contributed by atoms with Crippen LogP contribution in [0.5, 0.6) is 0 Å². The topological polar surface area (TPSA) is 120 Å². The number of rotatable bonds is 5. The third-order valence-electron chi connectivity index (χ3n) is 6.22. The van der Waals surface area contributed by atoms with Crippen molar-refractivity contribution in [1.29, 1.82) is 0 Å². The minimum atomic E-state index is -2.63. The van der Waals surface area contributed by atoms with Crippen molar-refractivity contribution < 1.29 is 19.0 Å². The molecule has 8 nitrogen and oxygen atoms in total. The number of benzene rings is 2. The molecule has 35 heavy (non-hydrogen) atoms. The zero-order valence-corrected chi connectivity index (χ0v) is 23.3. The predicted octanol–water partition coefficient (Wildman–Crippen LogP) is 7.19. The molecule has 0 amide bonds. The summed E-state index contributed by atoms with van der Waals surface area (Å²) in [6, 6.07) is 6.88. The van der Waals surface area contributed by atoms with Gasteiger partial charge < -0.3 is 4.57 Å². The molecule has 0 unspecified atom stereocenters. The number of nitrogens with zero attached hydrogens (tertiary/aromatic N) is 2. The Bertz CT molecular complexity index is 1190. The highest BCUT2D eigenvalue weighted by Crippen LogP contribution is 2.46. The first-order chi connectivity index (χ1) is 16.2. The van der Waals surface area contributed by atoms with Crippen molar-refractivity contribution >= 4 is 31.6 Å². The lowest BCUT2D eigenvalue weighted by Gasteiger charge is -2.14. The normalized spacial score (nSPS) is 14.7. The molecule has 2 aliphatic carbocycles. The van der Waals surface area contributed by atoms with Crippen LogP contribution in [0.2, 0.25) is 0 Å². The molecule has 0 N–H and O–H groups in total. The Labute approximate surface area is 208 Å². The van der Waals surface area contributed by atoms with E-state index in [1.165, 1.54) is 24.5 Å². The van der Waals surface area contributed by atoms with Gasteiger partial charge in [0.05, 0.1) is 15.2 Å². The first-order valence-electron chi connectivity index (χ1n) is 11.6. The molecule has 0 aromatic heterocycles. The van der Waals surface area contributed by atoms with Gasteiger partial charge in [-0.2, -0.15) is 0 Å². The van der Waals surface area contributed by atoms with Gasteiger partial charge in [-0.15, -0.1) is 0 Å². The van der Waals surface area contributed by atoms with Crippen LogP contribution in [0.15, 0.2) is 24.3 Å². The van der Waals surface area contributed by atoms with Crippen LogP contribution in [-0.4, -0.2) is 36.5 Å². The van der Waals surface area contributed by atoms with Crippen molar-refractivity contribution in [3.63, 3.8) is 0 Å². The minimum Gasteiger partial charge on any atom is -0.319 e. The van der Waals surface area contributed by atoms with Crippen molar-refractivity contribution in [3.05, 3.63) is 72.3 Å². The van der Waals surface area contributed by atoms with E-state index in [1.54, 1.807) is 32.7 Å². The van der Waals surface area contributed by atoms with Gasteiger partial charge in [0.25, 0.3) is 11.4 Å². The fourth-order valence-corrected chi connectivity index (χ4v) is 5.87. The summed E-state index contributed by atoms with van der Waals surface area (Å²) in [5.41, 5.74) is 5.45. The third kappa shape index (κ3) is 7.78. The van der Waals surface area contributed by atoms with Crippen molar-refractivity contribution in [2.45, 2.75) is 58.3 Å². The van der Waals surface area contributed by atoms with Crippen molar-refractivity contribution in [2.75, 3.05) is 26.7 Å². The molecule has 0 radical (unpaired) electrons. The second-order valence-electron chi connectivity index (χ2n) is 9.80. The zero-order valence-electron chi connectivity index (χ0n) is 21.5. The molecule has 2 saturated carbocycles. The average molecular weight is 522 g/mol. The highest BCUT2D eigenvalue weighted by Gasteiger charge is 2.32. The molecule has 0 heterocycles. The van der Waals surface area contributed by atoms with Crippen LogP contribution in [0.3, 0.4) is 0 Å². The van der Waals surface area contributed by atoms with Gasteiger partial charge in [-0.05, 0) is 93.9 Å². The summed E-state index contributed by atoms with van der Waals surface area (Å²) >= 11 is 0. The summed E-state index contributed by atoms with van der Waals surface area (Å²) in [6.07, 6.45) is 4.74. The van der Waals surface area contributed by atoms with Gasteiger partial charge in [-0.3, -0.25) is 20.2 Å². The summed E-state index contributed by atoms with van der Waals surface area (Å²) in [5, 5.41) is 22.1. The van der Waals surface area contributed by atoms with Gasteiger partial charge in [0, 0.05) is 17.7 Å². The van der Waals surface area contributed by atoms with E-state index in [2.05, 4.69) is 0 Å². The van der Waals surface area contributed by atoms with E-state index >= 15 is 0 Å². The van der Waals surface area contributed by atoms with Crippen molar-refractivity contribution in [2.24, 2.45) is 0 Å². The molecule has 0 atom stereocenters. The van der Waals surface area contributed by atoms with Crippen LogP contribution in [-0.2, 0) is 9.13 Å². The lowest BCUT2D eigenvalue weighted by Crippen LogP contribution is -2.15. The summed E-state index contributed by atoms with van der Waals surface area (Å²) in [4.78, 5) is 20.9. The highest BCUT2D eigenvalue weighted by atomic mass is 31.2. The average Bonchev–Trinajstić information content (AvgIpc) is 3.61. The van der Waals surface area contributed by atoms with E-state index in [0.29, 0.717) is 17.1 Å². The van der Waals surface area contributed by atoms with Crippen LogP contribution in [0, 0.1) is 41.0 Å². The number of nitro groups is 2. The molecule has 0 saturated heterocycles. The largest absolute Gasteiger partial charge is 0.332 e. The van der Waals surface area contributed by atoms with E-state index in [0.717, 1.165) is 35.1 Å². The molecular formula is C25H35N2O6P2+. The van der Waals surface area contributed by atoms with Crippen molar-refractivity contribution in [3.8, 4) is 0 Å². The number of hydrogen-bond donors (Lipinski definition) is 0. The van der Waals surface area contributed by atoms with Gasteiger partial charge >= 0.3 is 7.80 Å². The monoisotopic (exact) mass is 521 g/mol. The third-order valence-corrected chi connectivity index (χ3v) is 7.86. The quantitative estimate of drug-likeness (QED) is 0.233. The van der Waals surface area contributed by atoms with E-state index < -0.39 is 19.9 Å². The highest BCUT2D eigenvalue weighted by molar-refractivity contribution is 7.70. The first kappa shape index (κ1) is 28.8. The molecule has 190 valence electrons. The van der Waals surface area contributed by atoms with Gasteiger partial charge in [-0.1, -0.05) is 16.7 Å². The Morgan fingerprint density at radius 3 is 1.49 bits per heavy atom. The smallest absolute Gasteiger partial charge is 0.319 e. The fourth-order valence-electron chi connectivity index (χ4n) is 4.23. The molecule has 10 heteroatoms.